The highest BCUT2D eigenvalue weighted by molar-refractivity contribution is 6.36. The number of rotatable bonds is 2. The summed E-state index contributed by atoms with van der Waals surface area (Å²) in [6.07, 6.45) is 0. The van der Waals surface area contributed by atoms with Crippen molar-refractivity contribution in [1.29, 1.82) is 0 Å². The fourth-order valence-electron chi connectivity index (χ4n) is 4.44. The highest BCUT2D eigenvalue weighted by Crippen LogP contribution is 2.38. The number of carbonyl (C=O) groups excluding carboxylic acids is 2. The zero-order valence-corrected chi connectivity index (χ0v) is 16.6. The number of benzene rings is 3. The van der Waals surface area contributed by atoms with Gasteiger partial charge in [0, 0.05) is 40.7 Å². The van der Waals surface area contributed by atoms with Gasteiger partial charge in [-0.25, -0.2) is 4.90 Å². The quantitative estimate of drug-likeness (QED) is 0.623. The van der Waals surface area contributed by atoms with Crippen LogP contribution in [0.5, 0.6) is 0 Å². The highest BCUT2D eigenvalue weighted by Gasteiger charge is 2.35. The van der Waals surface area contributed by atoms with E-state index in [1.807, 2.05) is 62.4 Å². The fraction of sp³-hybridized carbons (Fsp3) is 0.250. The zero-order valence-electron chi connectivity index (χ0n) is 16.6. The Morgan fingerprint density at radius 1 is 0.828 bits per heavy atom. The summed E-state index contributed by atoms with van der Waals surface area (Å²) in [6.45, 7) is 6.90. The van der Waals surface area contributed by atoms with Gasteiger partial charge in [-0.1, -0.05) is 29.8 Å². The van der Waals surface area contributed by atoms with Gasteiger partial charge in [0.05, 0.1) is 18.9 Å². The second-order valence-corrected chi connectivity index (χ2v) is 7.70. The minimum absolute atomic E-state index is 0.265. The summed E-state index contributed by atoms with van der Waals surface area (Å²) in [5, 5.41) is 1.70. The van der Waals surface area contributed by atoms with Crippen molar-refractivity contribution in [3.63, 3.8) is 0 Å². The summed E-state index contributed by atoms with van der Waals surface area (Å²) >= 11 is 0. The number of imide groups is 1. The van der Waals surface area contributed by atoms with Crippen molar-refractivity contribution in [2.75, 3.05) is 36.1 Å². The highest BCUT2D eigenvalue weighted by atomic mass is 16.5. The molecule has 0 unspecified atom stereocenters. The molecule has 0 spiro atoms. The van der Waals surface area contributed by atoms with E-state index >= 15 is 0 Å². The average Bonchev–Trinajstić information content (AvgIpc) is 2.73. The van der Waals surface area contributed by atoms with Crippen LogP contribution in [0.1, 0.15) is 31.8 Å². The first-order valence-electron chi connectivity index (χ1n) is 9.91. The molecule has 0 aromatic heterocycles. The molecular weight excluding hydrogens is 364 g/mol. The lowest BCUT2D eigenvalue weighted by Crippen LogP contribution is -2.41. The van der Waals surface area contributed by atoms with Gasteiger partial charge in [-0.2, -0.15) is 0 Å². The van der Waals surface area contributed by atoms with E-state index in [1.165, 1.54) is 4.90 Å². The molecule has 2 amide bonds. The van der Waals surface area contributed by atoms with E-state index in [0.29, 0.717) is 30.0 Å². The zero-order chi connectivity index (χ0) is 20.1. The molecule has 0 N–H and O–H groups in total. The maximum atomic E-state index is 13.4. The second-order valence-electron chi connectivity index (χ2n) is 7.70. The maximum Gasteiger partial charge on any atom is 0.265 e. The van der Waals surface area contributed by atoms with Gasteiger partial charge < -0.3 is 9.64 Å². The van der Waals surface area contributed by atoms with Crippen LogP contribution in [0.2, 0.25) is 0 Å². The Hall–Kier alpha value is -3.18. The van der Waals surface area contributed by atoms with E-state index < -0.39 is 0 Å². The molecule has 0 radical (unpaired) electrons. The van der Waals surface area contributed by atoms with Gasteiger partial charge in [0.2, 0.25) is 0 Å². The fourth-order valence-corrected chi connectivity index (χ4v) is 4.44. The molecule has 1 fully saturated rings. The Morgan fingerprint density at radius 3 is 2.24 bits per heavy atom. The standard InChI is InChI=1S/C24H22N2O3/c1-15-6-8-20(16(2)14-15)26-23(27)18-5-3-4-17-21(25-10-12-29-13-11-25)9-7-19(22(17)18)24(26)28/h3-9,14H,10-13H2,1-2H3. The molecule has 146 valence electrons. The molecule has 3 aromatic rings. The molecule has 5 nitrogen and oxygen atoms in total. The van der Waals surface area contributed by atoms with Crippen LogP contribution in [-0.4, -0.2) is 38.1 Å². The van der Waals surface area contributed by atoms with Crippen molar-refractivity contribution >= 4 is 34.0 Å². The van der Waals surface area contributed by atoms with Crippen molar-refractivity contribution in [2.24, 2.45) is 0 Å². The number of anilines is 2. The van der Waals surface area contributed by atoms with Gasteiger partial charge in [-0.05, 0) is 43.7 Å². The van der Waals surface area contributed by atoms with Crippen LogP contribution < -0.4 is 9.80 Å². The lowest BCUT2D eigenvalue weighted by Gasteiger charge is -2.32. The van der Waals surface area contributed by atoms with Crippen LogP contribution in [-0.2, 0) is 4.74 Å². The van der Waals surface area contributed by atoms with Crippen LogP contribution in [0.4, 0.5) is 11.4 Å². The van der Waals surface area contributed by atoms with Gasteiger partial charge in [-0.15, -0.1) is 0 Å². The number of morpholine rings is 1. The molecule has 1 saturated heterocycles. The van der Waals surface area contributed by atoms with E-state index in [-0.39, 0.29) is 11.8 Å². The van der Waals surface area contributed by atoms with Gasteiger partial charge in [-0.3, -0.25) is 9.59 Å². The van der Waals surface area contributed by atoms with Crippen LogP contribution in [0, 0.1) is 13.8 Å². The van der Waals surface area contributed by atoms with Crippen LogP contribution >= 0.6 is 0 Å². The van der Waals surface area contributed by atoms with E-state index in [2.05, 4.69) is 4.90 Å². The molecule has 3 aromatic carbocycles. The molecule has 0 atom stereocenters. The summed E-state index contributed by atoms with van der Waals surface area (Å²) in [5.41, 5.74) is 4.85. The Labute approximate surface area is 169 Å². The SMILES string of the molecule is Cc1ccc(N2C(=O)c3cccc4c(N5CCOCC5)ccc(c34)C2=O)c(C)c1. The number of nitrogens with zero attached hydrogens (tertiary/aromatic N) is 2. The molecule has 5 rings (SSSR count). The monoisotopic (exact) mass is 386 g/mol. The molecule has 2 heterocycles. The predicted octanol–water partition coefficient (Wildman–Crippen LogP) is 4.09. The number of amides is 2. The van der Waals surface area contributed by atoms with Crippen LogP contribution in [0.3, 0.4) is 0 Å². The van der Waals surface area contributed by atoms with Crippen LogP contribution in [0.25, 0.3) is 10.8 Å². The lowest BCUT2D eigenvalue weighted by atomic mass is 9.92. The third-order valence-electron chi connectivity index (χ3n) is 5.83. The van der Waals surface area contributed by atoms with E-state index in [1.54, 1.807) is 0 Å². The minimum Gasteiger partial charge on any atom is -0.378 e. The first-order chi connectivity index (χ1) is 14.1. The Bertz CT molecular complexity index is 1140. The van der Waals surface area contributed by atoms with Crippen molar-refractivity contribution in [1.82, 2.24) is 0 Å². The molecule has 2 aliphatic rings. The average molecular weight is 386 g/mol. The van der Waals surface area contributed by atoms with Gasteiger partial charge in [0.1, 0.15) is 0 Å². The molecule has 29 heavy (non-hydrogen) atoms. The lowest BCUT2D eigenvalue weighted by molar-refractivity contribution is 0.0893. The number of ether oxygens (including phenoxy) is 1. The minimum atomic E-state index is -0.265. The van der Waals surface area contributed by atoms with Crippen molar-refractivity contribution < 1.29 is 14.3 Å². The van der Waals surface area contributed by atoms with Gasteiger partial charge >= 0.3 is 0 Å². The smallest absolute Gasteiger partial charge is 0.265 e. The summed E-state index contributed by atoms with van der Waals surface area (Å²) in [6, 6.07) is 15.4. The summed E-state index contributed by atoms with van der Waals surface area (Å²) in [4.78, 5) is 30.4. The maximum absolute atomic E-state index is 13.4. The first-order valence-corrected chi connectivity index (χ1v) is 9.91. The summed E-state index contributed by atoms with van der Waals surface area (Å²) < 4.78 is 5.47. The number of carbonyl (C=O) groups is 2. The Morgan fingerprint density at radius 2 is 1.52 bits per heavy atom. The summed E-state index contributed by atoms with van der Waals surface area (Å²) in [7, 11) is 0. The largest absolute Gasteiger partial charge is 0.378 e. The molecule has 0 aliphatic carbocycles. The number of hydrogen-bond donors (Lipinski definition) is 0. The van der Waals surface area contributed by atoms with Crippen LogP contribution in [0.15, 0.2) is 48.5 Å². The first kappa shape index (κ1) is 17.9. The molecule has 5 heteroatoms. The van der Waals surface area contributed by atoms with Crippen molar-refractivity contribution in [3.8, 4) is 0 Å². The van der Waals surface area contributed by atoms with E-state index in [9.17, 15) is 9.59 Å². The number of hydrogen-bond acceptors (Lipinski definition) is 4. The Balaban J connectivity index is 1.69. The van der Waals surface area contributed by atoms with Crippen molar-refractivity contribution in [2.45, 2.75) is 13.8 Å². The Kier molecular flexibility index (Phi) is 4.14. The summed E-state index contributed by atoms with van der Waals surface area (Å²) in [5.74, 6) is -0.529. The molecule has 0 saturated carbocycles. The third-order valence-corrected chi connectivity index (χ3v) is 5.83. The van der Waals surface area contributed by atoms with E-state index in [0.717, 1.165) is 40.7 Å². The number of aryl methyl sites for hydroxylation is 2. The topological polar surface area (TPSA) is 49.9 Å². The van der Waals surface area contributed by atoms with Gasteiger partial charge in [0.15, 0.2) is 0 Å². The van der Waals surface area contributed by atoms with Crippen molar-refractivity contribution in [3.05, 3.63) is 70.8 Å². The second kappa shape index (κ2) is 6.71. The van der Waals surface area contributed by atoms with Gasteiger partial charge in [0.25, 0.3) is 11.8 Å². The third kappa shape index (κ3) is 2.73. The predicted molar refractivity (Wildman–Crippen MR) is 114 cm³/mol. The molecular formula is C24H22N2O3. The molecule has 2 aliphatic heterocycles. The van der Waals surface area contributed by atoms with E-state index in [4.69, 9.17) is 4.74 Å². The molecule has 0 bridgehead atoms. The normalized spacial score (nSPS) is 16.6.